The molecule has 0 saturated heterocycles. The van der Waals surface area contributed by atoms with Gasteiger partial charge >= 0.3 is 11.9 Å². The lowest BCUT2D eigenvalue weighted by Crippen LogP contribution is -2.14. The van der Waals surface area contributed by atoms with Gasteiger partial charge in [0.1, 0.15) is 5.00 Å². The Morgan fingerprint density at radius 2 is 2.00 bits per heavy atom. The van der Waals surface area contributed by atoms with Crippen molar-refractivity contribution >= 4 is 28.3 Å². The van der Waals surface area contributed by atoms with E-state index in [2.05, 4.69) is 0 Å². The number of fused-ring (bicyclic) bond motifs is 1. The topological polar surface area (TPSA) is 101 Å². The monoisotopic (exact) mass is 227 g/mol. The Morgan fingerprint density at radius 1 is 1.33 bits per heavy atom. The molecule has 0 bridgehead atoms. The fourth-order valence-corrected chi connectivity index (χ4v) is 3.04. The van der Waals surface area contributed by atoms with Crippen molar-refractivity contribution in [1.82, 2.24) is 0 Å². The van der Waals surface area contributed by atoms with Crippen LogP contribution in [0, 0.1) is 5.92 Å². The van der Waals surface area contributed by atoms with Crippen molar-refractivity contribution in [3.8, 4) is 0 Å². The average molecular weight is 227 g/mol. The van der Waals surface area contributed by atoms with Gasteiger partial charge in [0.15, 0.2) is 0 Å². The van der Waals surface area contributed by atoms with E-state index in [1.165, 1.54) is 11.3 Å². The molecular weight excluding hydrogens is 218 g/mol. The van der Waals surface area contributed by atoms with Gasteiger partial charge in [-0.25, -0.2) is 4.79 Å². The lowest BCUT2D eigenvalue weighted by molar-refractivity contribution is -0.141. The third kappa shape index (κ3) is 1.46. The zero-order valence-electron chi connectivity index (χ0n) is 7.69. The number of thiophene rings is 1. The molecule has 4 N–H and O–H groups in total. The molecular formula is C9H9NO4S. The van der Waals surface area contributed by atoms with Gasteiger partial charge in [0.2, 0.25) is 0 Å². The molecule has 1 aromatic rings. The fraction of sp³-hybridized carbons (Fsp3) is 0.333. The van der Waals surface area contributed by atoms with E-state index in [4.69, 9.17) is 15.9 Å². The summed E-state index contributed by atoms with van der Waals surface area (Å²) >= 11 is 1.19. The van der Waals surface area contributed by atoms with Crippen LogP contribution in [0.5, 0.6) is 0 Å². The summed E-state index contributed by atoms with van der Waals surface area (Å²) in [7, 11) is 0. The van der Waals surface area contributed by atoms with Crippen molar-refractivity contribution in [2.45, 2.75) is 12.8 Å². The first-order chi connectivity index (χ1) is 7.00. The second-order valence-electron chi connectivity index (χ2n) is 3.49. The van der Waals surface area contributed by atoms with Gasteiger partial charge in [-0.15, -0.1) is 11.3 Å². The van der Waals surface area contributed by atoms with Gasteiger partial charge in [0, 0.05) is 4.88 Å². The average Bonchev–Trinajstić information content (AvgIpc) is 2.58. The van der Waals surface area contributed by atoms with Crippen LogP contribution < -0.4 is 5.73 Å². The van der Waals surface area contributed by atoms with Gasteiger partial charge in [0.25, 0.3) is 0 Å². The summed E-state index contributed by atoms with van der Waals surface area (Å²) in [6, 6.07) is 0. The third-order valence-corrected chi connectivity index (χ3v) is 3.65. The van der Waals surface area contributed by atoms with Crippen LogP contribution in [0.1, 0.15) is 20.8 Å². The molecule has 2 rings (SSSR count). The van der Waals surface area contributed by atoms with Crippen molar-refractivity contribution in [3.05, 3.63) is 16.0 Å². The first kappa shape index (κ1) is 9.97. The summed E-state index contributed by atoms with van der Waals surface area (Å²) < 4.78 is 0. The summed E-state index contributed by atoms with van der Waals surface area (Å²) in [5, 5.41) is 18.0. The molecule has 5 nitrogen and oxygen atoms in total. The number of rotatable bonds is 2. The molecule has 0 radical (unpaired) electrons. The quantitative estimate of drug-likeness (QED) is 0.694. The molecule has 0 amide bonds. The Morgan fingerprint density at radius 3 is 2.53 bits per heavy atom. The van der Waals surface area contributed by atoms with Gasteiger partial charge in [-0.3, -0.25) is 4.79 Å². The van der Waals surface area contributed by atoms with Crippen molar-refractivity contribution in [2.75, 3.05) is 5.73 Å². The van der Waals surface area contributed by atoms with Gasteiger partial charge in [0.05, 0.1) is 11.5 Å². The molecule has 0 unspecified atom stereocenters. The van der Waals surface area contributed by atoms with Crippen LogP contribution in [0.2, 0.25) is 0 Å². The van der Waals surface area contributed by atoms with E-state index in [0.29, 0.717) is 12.0 Å². The van der Waals surface area contributed by atoms with Crippen LogP contribution in [-0.4, -0.2) is 22.2 Å². The number of hydrogen-bond acceptors (Lipinski definition) is 4. The Balaban J connectivity index is 2.41. The maximum Gasteiger partial charge on any atom is 0.338 e. The zero-order chi connectivity index (χ0) is 11.2. The highest BCUT2D eigenvalue weighted by molar-refractivity contribution is 7.16. The SMILES string of the molecule is Nc1sc2c(c1C(=O)O)C[C@H](C(=O)O)C2. The molecule has 80 valence electrons. The second kappa shape index (κ2) is 3.23. The molecule has 15 heavy (non-hydrogen) atoms. The van der Waals surface area contributed by atoms with Crippen LogP contribution in [0.25, 0.3) is 0 Å². The van der Waals surface area contributed by atoms with Gasteiger partial charge in [-0.05, 0) is 18.4 Å². The summed E-state index contributed by atoms with van der Waals surface area (Å²) in [4.78, 5) is 22.5. The van der Waals surface area contributed by atoms with Gasteiger partial charge < -0.3 is 15.9 Å². The highest BCUT2D eigenvalue weighted by Crippen LogP contribution is 2.39. The molecule has 6 heteroatoms. The number of aliphatic carboxylic acids is 1. The molecule has 1 aliphatic carbocycles. The smallest absolute Gasteiger partial charge is 0.338 e. The van der Waals surface area contributed by atoms with Crippen LogP contribution in [0.3, 0.4) is 0 Å². The van der Waals surface area contributed by atoms with Crippen molar-refractivity contribution in [3.63, 3.8) is 0 Å². The van der Waals surface area contributed by atoms with Gasteiger partial charge in [-0.1, -0.05) is 0 Å². The number of carboxylic acids is 2. The van der Waals surface area contributed by atoms with E-state index in [-0.39, 0.29) is 17.0 Å². The number of hydrogen-bond donors (Lipinski definition) is 3. The first-order valence-corrected chi connectivity index (χ1v) is 5.18. The van der Waals surface area contributed by atoms with Crippen molar-refractivity contribution < 1.29 is 19.8 Å². The molecule has 1 heterocycles. The highest BCUT2D eigenvalue weighted by atomic mass is 32.1. The Labute approximate surface area is 89.1 Å². The Bertz CT molecular complexity index is 451. The summed E-state index contributed by atoms with van der Waals surface area (Å²) in [5.41, 5.74) is 6.27. The lowest BCUT2D eigenvalue weighted by atomic mass is 10.1. The normalized spacial score (nSPS) is 18.8. The summed E-state index contributed by atoms with van der Waals surface area (Å²) in [6.07, 6.45) is 0.673. The largest absolute Gasteiger partial charge is 0.481 e. The number of anilines is 1. The van der Waals surface area contributed by atoms with E-state index in [9.17, 15) is 9.59 Å². The van der Waals surface area contributed by atoms with Crippen LogP contribution >= 0.6 is 11.3 Å². The van der Waals surface area contributed by atoms with Crippen LogP contribution in [-0.2, 0) is 17.6 Å². The minimum Gasteiger partial charge on any atom is -0.481 e. The zero-order valence-corrected chi connectivity index (χ0v) is 8.50. The minimum atomic E-state index is -1.07. The fourth-order valence-electron chi connectivity index (χ4n) is 1.87. The molecule has 0 spiro atoms. The standard InChI is InChI=1S/C9H9NO4S/c10-7-6(9(13)14)4-1-3(8(11)12)2-5(4)15-7/h3H,1-2,10H2,(H,11,12)(H,13,14)/t3-/m0/s1. The van der Waals surface area contributed by atoms with E-state index in [0.717, 1.165) is 4.88 Å². The number of nitrogens with two attached hydrogens (primary N) is 1. The minimum absolute atomic E-state index is 0.0961. The molecule has 1 atom stereocenters. The van der Waals surface area contributed by atoms with Crippen molar-refractivity contribution in [2.24, 2.45) is 5.92 Å². The summed E-state index contributed by atoms with van der Waals surface area (Å²) in [5.74, 6) is -2.45. The predicted octanol–water partition coefficient (Wildman–Crippen LogP) is 0.828. The van der Waals surface area contributed by atoms with E-state index < -0.39 is 17.9 Å². The molecule has 0 aliphatic heterocycles. The van der Waals surface area contributed by atoms with E-state index in [1.807, 2.05) is 0 Å². The van der Waals surface area contributed by atoms with E-state index in [1.54, 1.807) is 0 Å². The number of nitrogen functional groups attached to an aromatic ring is 1. The summed E-state index contributed by atoms with van der Waals surface area (Å²) in [6.45, 7) is 0. The predicted molar refractivity (Wildman–Crippen MR) is 54.2 cm³/mol. The molecule has 0 fully saturated rings. The first-order valence-electron chi connectivity index (χ1n) is 4.36. The van der Waals surface area contributed by atoms with Gasteiger partial charge in [-0.2, -0.15) is 0 Å². The molecule has 0 aromatic carbocycles. The molecule has 1 aromatic heterocycles. The second-order valence-corrected chi connectivity index (χ2v) is 4.63. The lowest BCUT2D eigenvalue weighted by Gasteiger charge is -2.02. The Kier molecular flexibility index (Phi) is 2.15. The number of aromatic carboxylic acids is 1. The molecule has 1 aliphatic rings. The maximum atomic E-state index is 10.9. The van der Waals surface area contributed by atoms with Crippen LogP contribution in [0.4, 0.5) is 5.00 Å². The van der Waals surface area contributed by atoms with Crippen LogP contribution in [0.15, 0.2) is 0 Å². The third-order valence-electron chi connectivity index (χ3n) is 2.56. The number of carboxylic acid groups (broad SMARTS) is 2. The van der Waals surface area contributed by atoms with Crippen molar-refractivity contribution in [1.29, 1.82) is 0 Å². The van der Waals surface area contributed by atoms with E-state index >= 15 is 0 Å². The highest BCUT2D eigenvalue weighted by Gasteiger charge is 2.33. The number of carbonyl (C=O) groups is 2. The molecule has 0 saturated carbocycles. The Hall–Kier alpha value is -1.56. The maximum absolute atomic E-state index is 10.9.